The van der Waals surface area contributed by atoms with Gasteiger partial charge in [0.1, 0.15) is 0 Å². The van der Waals surface area contributed by atoms with Gasteiger partial charge in [0.05, 0.1) is 0 Å². The second kappa shape index (κ2) is 3.71. The highest BCUT2D eigenvalue weighted by Crippen LogP contribution is 2.21. The van der Waals surface area contributed by atoms with E-state index in [2.05, 4.69) is 26.1 Å². The summed E-state index contributed by atoms with van der Waals surface area (Å²) in [5.74, 6) is 0.766. The Kier molecular flexibility index (Phi) is 2.56. The van der Waals surface area contributed by atoms with Gasteiger partial charge in [0.15, 0.2) is 5.82 Å². The van der Waals surface area contributed by atoms with Gasteiger partial charge in [-0.2, -0.15) is 0 Å². The van der Waals surface area contributed by atoms with Crippen LogP contribution >= 0.6 is 27.5 Å². The molecular formula is C9H7BrClN3. The summed E-state index contributed by atoms with van der Waals surface area (Å²) < 4.78 is 2.78. The summed E-state index contributed by atoms with van der Waals surface area (Å²) in [6, 6.07) is 7.84. The maximum Gasteiger partial charge on any atom is 0.225 e. The molecule has 2 aromatic rings. The van der Waals surface area contributed by atoms with E-state index >= 15 is 0 Å². The van der Waals surface area contributed by atoms with E-state index in [9.17, 15) is 0 Å². The van der Waals surface area contributed by atoms with Crippen LogP contribution < -0.4 is 0 Å². The third-order valence-electron chi connectivity index (χ3n) is 1.92. The molecule has 0 amide bonds. The Morgan fingerprint density at radius 3 is 2.36 bits per heavy atom. The molecule has 0 spiro atoms. The van der Waals surface area contributed by atoms with E-state index in [1.165, 1.54) is 0 Å². The topological polar surface area (TPSA) is 30.7 Å². The van der Waals surface area contributed by atoms with Crippen LogP contribution in [0.2, 0.25) is 5.28 Å². The fourth-order valence-corrected chi connectivity index (χ4v) is 1.54. The number of hydrogen-bond acceptors (Lipinski definition) is 2. The number of nitrogens with zero attached hydrogens (tertiary/aromatic N) is 3. The lowest BCUT2D eigenvalue weighted by Gasteiger charge is -2.00. The molecule has 1 aromatic carbocycles. The lowest BCUT2D eigenvalue weighted by molar-refractivity contribution is 0.921. The largest absolute Gasteiger partial charge is 0.301 e. The zero-order valence-corrected chi connectivity index (χ0v) is 9.75. The summed E-state index contributed by atoms with van der Waals surface area (Å²) in [5, 5.41) is 8.15. The van der Waals surface area contributed by atoms with Gasteiger partial charge in [-0.25, -0.2) is 0 Å². The minimum atomic E-state index is 0.392. The minimum Gasteiger partial charge on any atom is -0.301 e. The first-order valence-electron chi connectivity index (χ1n) is 3.99. The van der Waals surface area contributed by atoms with Gasteiger partial charge in [0.25, 0.3) is 0 Å². The van der Waals surface area contributed by atoms with E-state index in [0.29, 0.717) is 5.28 Å². The molecule has 72 valence electrons. The first-order chi connectivity index (χ1) is 6.68. The molecule has 0 aliphatic carbocycles. The summed E-state index contributed by atoms with van der Waals surface area (Å²) in [7, 11) is 1.83. The summed E-state index contributed by atoms with van der Waals surface area (Å²) in [6.45, 7) is 0. The molecule has 0 saturated carbocycles. The molecule has 1 heterocycles. The van der Waals surface area contributed by atoms with E-state index in [-0.39, 0.29) is 0 Å². The summed E-state index contributed by atoms with van der Waals surface area (Å²) in [5.41, 5.74) is 0.995. The summed E-state index contributed by atoms with van der Waals surface area (Å²) in [4.78, 5) is 0. The molecule has 0 saturated heterocycles. The molecule has 0 atom stereocenters. The smallest absolute Gasteiger partial charge is 0.225 e. The van der Waals surface area contributed by atoms with Crippen molar-refractivity contribution < 1.29 is 0 Å². The van der Waals surface area contributed by atoms with Crippen LogP contribution in [0.1, 0.15) is 0 Å². The zero-order valence-electron chi connectivity index (χ0n) is 7.41. The number of benzene rings is 1. The summed E-state index contributed by atoms with van der Waals surface area (Å²) >= 11 is 9.16. The molecule has 2 rings (SSSR count). The fourth-order valence-electron chi connectivity index (χ4n) is 1.16. The maximum atomic E-state index is 5.79. The molecule has 3 nitrogen and oxygen atoms in total. The third-order valence-corrected chi connectivity index (χ3v) is 2.78. The Labute approximate surface area is 94.9 Å². The van der Waals surface area contributed by atoms with Crippen molar-refractivity contribution in [2.75, 3.05) is 0 Å². The molecule has 1 aromatic heterocycles. The van der Waals surface area contributed by atoms with Crippen LogP contribution in [0.4, 0.5) is 0 Å². The summed E-state index contributed by atoms with van der Waals surface area (Å²) in [6.07, 6.45) is 0. The number of hydrogen-bond donors (Lipinski definition) is 0. The molecule has 14 heavy (non-hydrogen) atoms. The van der Waals surface area contributed by atoms with Crippen molar-refractivity contribution in [1.82, 2.24) is 14.8 Å². The van der Waals surface area contributed by atoms with Gasteiger partial charge in [-0.15, -0.1) is 10.2 Å². The van der Waals surface area contributed by atoms with E-state index in [4.69, 9.17) is 11.6 Å². The van der Waals surface area contributed by atoms with E-state index in [0.717, 1.165) is 15.9 Å². The van der Waals surface area contributed by atoms with Gasteiger partial charge in [-0.1, -0.05) is 28.1 Å². The molecule has 0 N–H and O–H groups in total. The quantitative estimate of drug-likeness (QED) is 0.799. The normalized spacial score (nSPS) is 10.5. The van der Waals surface area contributed by atoms with Crippen LogP contribution in [0.15, 0.2) is 28.7 Å². The number of rotatable bonds is 1. The molecule has 0 aliphatic rings. The Bertz CT molecular complexity index is 450. The minimum absolute atomic E-state index is 0.392. The second-order valence-electron chi connectivity index (χ2n) is 2.86. The second-order valence-corrected chi connectivity index (χ2v) is 4.11. The van der Waals surface area contributed by atoms with Crippen molar-refractivity contribution in [3.63, 3.8) is 0 Å². The molecule has 0 fully saturated rings. The Balaban J connectivity index is 2.49. The Morgan fingerprint density at radius 1 is 1.21 bits per heavy atom. The van der Waals surface area contributed by atoms with Crippen molar-refractivity contribution in [2.45, 2.75) is 0 Å². The predicted octanol–water partition coefficient (Wildman–Crippen LogP) is 2.90. The lowest BCUT2D eigenvalue weighted by atomic mass is 10.2. The SMILES string of the molecule is Cn1c(Cl)nnc1-c1ccc(Br)cc1. The highest BCUT2D eigenvalue weighted by atomic mass is 79.9. The van der Waals surface area contributed by atoms with Crippen LogP contribution in [0.5, 0.6) is 0 Å². The van der Waals surface area contributed by atoms with Crippen molar-refractivity contribution in [1.29, 1.82) is 0 Å². The average molecular weight is 273 g/mol. The number of aromatic nitrogens is 3. The molecule has 0 radical (unpaired) electrons. The average Bonchev–Trinajstić information content (AvgIpc) is 2.50. The first-order valence-corrected chi connectivity index (χ1v) is 5.16. The molecule has 0 aliphatic heterocycles. The highest BCUT2D eigenvalue weighted by Gasteiger charge is 2.07. The van der Waals surface area contributed by atoms with Gasteiger partial charge in [-0.3, -0.25) is 0 Å². The lowest BCUT2D eigenvalue weighted by Crippen LogP contribution is -1.92. The molecule has 0 bridgehead atoms. The monoisotopic (exact) mass is 271 g/mol. The number of halogens is 2. The van der Waals surface area contributed by atoms with E-state index < -0.39 is 0 Å². The maximum absolute atomic E-state index is 5.79. The van der Waals surface area contributed by atoms with Crippen LogP contribution in [0, 0.1) is 0 Å². The van der Waals surface area contributed by atoms with Crippen molar-refractivity contribution in [3.05, 3.63) is 34.0 Å². The van der Waals surface area contributed by atoms with Gasteiger partial charge in [-0.05, 0) is 23.7 Å². The Morgan fingerprint density at radius 2 is 1.86 bits per heavy atom. The van der Waals surface area contributed by atoms with E-state index in [1.807, 2.05) is 31.3 Å². The van der Waals surface area contributed by atoms with Gasteiger partial charge in [0, 0.05) is 17.1 Å². The molecule has 5 heteroatoms. The Hall–Kier alpha value is -0.870. The van der Waals surface area contributed by atoms with Crippen molar-refractivity contribution >= 4 is 27.5 Å². The third kappa shape index (κ3) is 1.67. The van der Waals surface area contributed by atoms with Gasteiger partial charge in [0.2, 0.25) is 5.28 Å². The standard InChI is InChI=1S/C9H7BrClN3/c1-14-8(12-13-9(14)11)6-2-4-7(10)5-3-6/h2-5H,1H3. The predicted molar refractivity (Wildman–Crippen MR) is 59.1 cm³/mol. The molecule has 0 unspecified atom stereocenters. The van der Waals surface area contributed by atoms with Crippen LogP contribution in [-0.4, -0.2) is 14.8 Å². The van der Waals surface area contributed by atoms with Crippen LogP contribution in [-0.2, 0) is 7.05 Å². The van der Waals surface area contributed by atoms with Crippen molar-refractivity contribution in [2.24, 2.45) is 7.05 Å². The fraction of sp³-hybridized carbons (Fsp3) is 0.111. The van der Waals surface area contributed by atoms with Gasteiger partial charge < -0.3 is 4.57 Å². The van der Waals surface area contributed by atoms with Crippen molar-refractivity contribution in [3.8, 4) is 11.4 Å². The van der Waals surface area contributed by atoms with Gasteiger partial charge >= 0.3 is 0 Å². The zero-order chi connectivity index (χ0) is 10.1. The van der Waals surface area contributed by atoms with E-state index in [1.54, 1.807) is 4.57 Å². The molecular weight excluding hydrogens is 265 g/mol. The first kappa shape index (κ1) is 9.68. The highest BCUT2D eigenvalue weighted by molar-refractivity contribution is 9.10. The van der Waals surface area contributed by atoms with Crippen LogP contribution in [0.3, 0.4) is 0 Å². The van der Waals surface area contributed by atoms with Crippen LogP contribution in [0.25, 0.3) is 11.4 Å².